The Morgan fingerprint density at radius 3 is 2.65 bits per heavy atom. The molecule has 0 spiro atoms. The average Bonchev–Trinajstić information content (AvgIpc) is 3.19. The maximum absolute atomic E-state index is 12.9. The van der Waals surface area contributed by atoms with E-state index in [1.165, 1.54) is 11.8 Å². The van der Waals surface area contributed by atoms with Crippen LogP contribution in [0.5, 0.6) is 0 Å². The van der Waals surface area contributed by atoms with Crippen LogP contribution in [0.4, 0.5) is 5.69 Å². The molecule has 138 valence electrons. The van der Waals surface area contributed by atoms with Crippen molar-refractivity contribution in [1.82, 2.24) is 20.2 Å². The van der Waals surface area contributed by atoms with Gasteiger partial charge in [0.2, 0.25) is 11.1 Å². The fraction of sp³-hybridized carbons (Fsp3) is 0.500. The topological polar surface area (TPSA) is 81.0 Å². The predicted molar refractivity (Wildman–Crippen MR) is 101 cm³/mol. The van der Waals surface area contributed by atoms with Crippen molar-refractivity contribution in [3.63, 3.8) is 0 Å². The summed E-state index contributed by atoms with van der Waals surface area (Å²) in [5, 5.41) is 12.1. The molecule has 1 aromatic carbocycles. The number of carbonyl (C=O) groups is 2. The number of aromatic nitrogens is 4. The number of hydrogen-bond donors (Lipinski definition) is 0. The summed E-state index contributed by atoms with van der Waals surface area (Å²) in [7, 11) is 0. The molecule has 2 aromatic rings. The first-order valence-corrected chi connectivity index (χ1v) is 9.47. The molecule has 0 saturated carbocycles. The number of fused-ring (bicyclic) bond motifs is 1. The Bertz CT molecular complexity index is 856. The van der Waals surface area contributed by atoms with Gasteiger partial charge in [0.05, 0.1) is 10.8 Å². The highest BCUT2D eigenvalue weighted by atomic mass is 32.2. The lowest BCUT2D eigenvalue weighted by molar-refractivity contribution is -0.116. The van der Waals surface area contributed by atoms with Crippen LogP contribution in [0.2, 0.25) is 0 Å². The van der Waals surface area contributed by atoms with E-state index in [0.717, 1.165) is 17.7 Å². The number of anilines is 1. The molecule has 3 rings (SSSR count). The first-order valence-electron chi connectivity index (χ1n) is 8.59. The van der Waals surface area contributed by atoms with Crippen LogP contribution in [0.25, 0.3) is 0 Å². The van der Waals surface area contributed by atoms with Crippen molar-refractivity contribution in [1.29, 1.82) is 0 Å². The fourth-order valence-corrected chi connectivity index (χ4v) is 4.06. The highest BCUT2D eigenvalue weighted by Gasteiger charge is 2.27. The number of thioether (sulfide) groups is 1. The van der Waals surface area contributed by atoms with Crippen LogP contribution in [0, 0.1) is 0 Å². The lowest BCUT2D eigenvalue weighted by atomic mass is 10.0. The lowest BCUT2D eigenvalue weighted by Gasteiger charge is -2.20. The lowest BCUT2D eigenvalue weighted by Crippen LogP contribution is -2.25. The second kappa shape index (κ2) is 6.83. The summed E-state index contributed by atoms with van der Waals surface area (Å²) in [6.45, 7) is 10.1. The van der Waals surface area contributed by atoms with Crippen LogP contribution < -0.4 is 4.90 Å². The van der Waals surface area contributed by atoms with E-state index in [1.807, 2.05) is 39.8 Å². The zero-order chi connectivity index (χ0) is 19.1. The van der Waals surface area contributed by atoms with E-state index in [2.05, 4.69) is 15.5 Å². The van der Waals surface area contributed by atoms with Crippen LogP contribution in [-0.2, 0) is 16.8 Å². The standard InChI is InChI=1S/C18H23N5O2S/c1-11(26-17-19-20-21-23(17)18(3,4)5)16(25)14-6-7-15-13(10-14)8-9-22(15)12(2)24/h6-7,10-11H,8-9H2,1-5H3/t11-/m0/s1. The molecule has 0 fully saturated rings. The van der Waals surface area contributed by atoms with E-state index in [9.17, 15) is 9.59 Å². The zero-order valence-electron chi connectivity index (χ0n) is 15.7. The Morgan fingerprint density at radius 1 is 1.27 bits per heavy atom. The van der Waals surface area contributed by atoms with Crippen molar-refractivity contribution in [3.8, 4) is 0 Å². The van der Waals surface area contributed by atoms with Gasteiger partial charge in [0.1, 0.15) is 0 Å². The molecule has 8 heteroatoms. The van der Waals surface area contributed by atoms with Gasteiger partial charge in [-0.3, -0.25) is 9.59 Å². The van der Waals surface area contributed by atoms with E-state index in [0.29, 0.717) is 17.3 Å². The third kappa shape index (κ3) is 3.51. The second-order valence-corrected chi connectivity index (χ2v) is 8.74. The van der Waals surface area contributed by atoms with Crippen molar-refractivity contribution < 1.29 is 9.59 Å². The van der Waals surface area contributed by atoms with E-state index < -0.39 is 0 Å². The number of hydrogen-bond acceptors (Lipinski definition) is 6. The highest BCUT2D eigenvalue weighted by Crippen LogP contribution is 2.31. The fourth-order valence-electron chi connectivity index (χ4n) is 3.00. The largest absolute Gasteiger partial charge is 0.312 e. The Labute approximate surface area is 157 Å². The molecule has 26 heavy (non-hydrogen) atoms. The quantitative estimate of drug-likeness (QED) is 0.605. The molecule has 0 aliphatic carbocycles. The zero-order valence-corrected chi connectivity index (χ0v) is 16.5. The molecule has 1 aliphatic heterocycles. The summed E-state index contributed by atoms with van der Waals surface area (Å²) in [5.41, 5.74) is 2.36. The van der Waals surface area contributed by atoms with E-state index in [-0.39, 0.29) is 22.5 Å². The summed E-state index contributed by atoms with van der Waals surface area (Å²) >= 11 is 1.36. The van der Waals surface area contributed by atoms with Gasteiger partial charge >= 0.3 is 0 Å². The number of carbonyl (C=O) groups excluding carboxylic acids is 2. The number of benzene rings is 1. The second-order valence-electron chi connectivity index (χ2n) is 7.43. The molecule has 7 nitrogen and oxygen atoms in total. The van der Waals surface area contributed by atoms with Crippen LogP contribution in [0.1, 0.15) is 50.5 Å². The highest BCUT2D eigenvalue weighted by molar-refractivity contribution is 8.00. The van der Waals surface area contributed by atoms with Gasteiger partial charge in [-0.05, 0) is 68.3 Å². The summed E-state index contributed by atoms with van der Waals surface area (Å²) in [6.07, 6.45) is 0.778. The van der Waals surface area contributed by atoms with E-state index in [4.69, 9.17) is 0 Å². The van der Waals surface area contributed by atoms with Crippen LogP contribution in [0.15, 0.2) is 23.4 Å². The Hall–Kier alpha value is -2.22. The van der Waals surface area contributed by atoms with Gasteiger partial charge in [0.25, 0.3) is 0 Å². The number of nitrogens with zero attached hydrogens (tertiary/aromatic N) is 5. The molecule has 0 N–H and O–H groups in total. The van der Waals surface area contributed by atoms with Gasteiger partial charge in [-0.2, -0.15) is 0 Å². The monoisotopic (exact) mass is 373 g/mol. The van der Waals surface area contributed by atoms with Gasteiger partial charge in [-0.25, -0.2) is 4.68 Å². The van der Waals surface area contributed by atoms with Gasteiger partial charge < -0.3 is 4.90 Å². The molecular weight excluding hydrogens is 350 g/mol. The first-order chi connectivity index (χ1) is 12.2. The number of tetrazole rings is 1. The Kier molecular flexibility index (Phi) is 4.88. The normalized spacial score (nSPS) is 15.0. The van der Waals surface area contributed by atoms with Crippen LogP contribution in [-0.4, -0.2) is 43.7 Å². The van der Waals surface area contributed by atoms with Crippen LogP contribution >= 0.6 is 11.8 Å². The maximum Gasteiger partial charge on any atom is 0.223 e. The van der Waals surface area contributed by atoms with Gasteiger partial charge in [-0.15, -0.1) is 5.10 Å². The molecule has 0 bridgehead atoms. The summed E-state index contributed by atoms with van der Waals surface area (Å²) < 4.78 is 1.73. The van der Waals surface area contributed by atoms with Crippen molar-refractivity contribution in [2.24, 2.45) is 0 Å². The first kappa shape index (κ1) is 18.6. The molecule has 2 heterocycles. The minimum absolute atomic E-state index is 0.0285. The smallest absolute Gasteiger partial charge is 0.223 e. The van der Waals surface area contributed by atoms with Gasteiger partial charge in [0, 0.05) is 24.7 Å². The molecule has 0 saturated heterocycles. The molecule has 1 aromatic heterocycles. The van der Waals surface area contributed by atoms with Crippen molar-refractivity contribution in [2.45, 2.75) is 57.0 Å². The van der Waals surface area contributed by atoms with E-state index >= 15 is 0 Å². The minimum atomic E-state index is -0.314. The number of ketones is 1. The van der Waals surface area contributed by atoms with Crippen molar-refractivity contribution >= 4 is 29.1 Å². The Morgan fingerprint density at radius 2 is 2.00 bits per heavy atom. The van der Waals surface area contributed by atoms with E-state index in [1.54, 1.807) is 22.6 Å². The Balaban J connectivity index is 1.78. The third-order valence-electron chi connectivity index (χ3n) is 4.37. The molecule has 1 aliphatic rings. The molecular formula is C18H23N5O2S. The number of rotatable bonds is 4. The van der Waals surface area contributed by atoms with Gasteiger partial charge in [-0.1, -0.05) is 11.8 Å². The third-order valence-corrected chi connectivity index (χ3v) is 5.40. The summed E-state index contributed by atoms with van der Waals surface area (Å²) in [4.78, 5) is 26.3. The molecule has 1 atom stereocenters. The number of Topliss-reactive ketones (excluding diaryl/α,β-unsaturated/α-hetero) is 1. The predicted octanol–water partition coefficient (Wildman–Crippen LogP) is 2.70. The average molecular weight is 373 g/mol. The van der Waals surface area contributed by atoms with Crippen molar-refractivity contribution in [2.75, 3.05) is 11.4 Å². The molecule has 1 amide bonds. The summed E-state index contributed by atoms with van der Waals surface area (Å²) in [6, 6.07) is 5.57. The number of amides is 1. The van der Waals surface area contributed by atoms with Gasteiger partial charge in [0.15, 0.2) is 5.78 Å². The minimum Gasteiger partial charge on any atom is -0.312 e. The van der Waals surface area contributed by atoms with Crippen LogP contribution in [0.3, 0.4) is 0 Å². The van der Waals surface area contributed by atoms with Crippen molar-refractivity contribution in [3.05, 3.63) is 29.3 Å². The summed E-state index contributed by atoms with van der Waals surface area (Å²) in [5.74, 6) is 0.0586. The SMILES string of the molecule is CC(=O)N1CCc2cc(C(=O)[C@H](C)Sc3nnnn3C(C)(C)C)ccc21. The molecule has 0 radical (unpaired) electrons. The maximum atomic E-state index is 12.9. The molecule has 0 unspecified atom stereocenters.